The van der Waals surface area contributed by atoms with Gasteiger partial charge in [-0.15, -0.1) is 0 Å². The van der Waals surface area contributed by atoms with Gasteiger partial charge in [0.25, 0.3) is 0 Å². The molecule has 0 unspecified atom stereocenters. The molecule has 0 bridgehead atoms. The molecule has 14 nitrogen and oxygen atoms in total. The number of benzene rings is 2. The summed E-state index contributed by atoms with van der Waals surface area (Å²) in [6.45, 7) is 5.60. The second-order valence-corrected chi connectivity index (χ2v) is 16.1. The van der Waals surface area contributed by atoms with E-state index in [0.29, 0.717) is 55.7 Å². The van der Waals surface area contributed by atoms with Crippen LogP contribution < -0.4 is 16.0 Å². The van der Waals surface area contributed by atoms with Crippen LogP contribution in [0.25, 0.3) is 0 Å². The van der Waals surface area contributed by atoms with Crippen molar-refractivity contribution in [1.82, 2.24) is 30.7 Å². The van der Waals surface area contributed by atoms with Crippen molar-refractivity contribution in [1.29, 1.82) is 0 Å². The fourth-order valence-corrected chi connectivity index (χ4v) is 8.56. The quantitative estimate of drug-likeness (QED) is 0.358. The Kier molecular flexibility index (Phi) is 13.0. The third-order valence-corrected chi connectivity index (χ3v) is 11.4. The smallest absolute Gasteiger partial charge is 0.328 e. The number of amides is 6. The molecule has 2 aromatic rings. The molecule has 0 aliphatic carbocycles. The summed E-state index contributed by atoms with van der Waals surface area (Å²) in [5.41, 5.74) is 2.36. The maximum atomic E-state index is 14.5. The molecule has 0 aromatic heterocycles. The lowest BCUT2D eigenvalue weighted by Gasteiger charge is -2.39. The first-order valence-electron chi connectivity index (χ1n) is 19.6. The van der Waals surface area contributed by atoms with Crippen molar-refractivity contribution in [2.24, 2.45) is 5.92 Å². The fourth-order valence-electron chi connectivity index (χ4n) is 8.35. The van der Waals surface area contributed by atoms with E-state index in [4.69, 9.17) is 16.3 Å². The van der Waals surface area contributed by atoms with Crippen LogP contribution in [0.3, 0.4) is 0 Å². The Labute approximate surface area is 332 Å². The molecule has 4 saturated heterocycles. The van der Waals surface area contributed by atoms with Gasteiger partial charge in [-0.2, -0.15) is 0 Å². The van der Waals surface area contributed by atoms with Crippen LogP contribution >= 0.6 is 11.6 Å². The first-order valence-corrected chi connectivity index (χ1v) is 19.9. The predicted molar refractivity (Wildman–Crippen MR) is 206 cm³/mol. The van der Waals surface area contributed by atoms with Gasteiger partial charge >= 0.3 is 5.97 Å². The van der Waals surface area contributed by atoms with Gasteiger partial charge in [0.05, 0.1) is 6.42 Å². The summed E-state index contributed by atoms with van der Waals surface area (Å²) in [6, 6.07) is 8.07. The molecule has 0 saturated carbocycles. The Morgan fingerprint density at radius 2 is 1.57 bits per heavy atom. The third kappa shape index (κ3) is 9.51. The second kappa shape index (κ2) is 17.9. The van der Waals surface area contributed by atoms with Crippen LogP contribution in [0, 0.1) is 12.8 Å². The Hall–Kier alpha value is -4.98. The highest BCUT2D eigenvalue weighted by Gasteiger charge is 2.46. The van der Waals surface area contributed by atoms with Crippen molar-refractivity contribution < 1.29 is 38.3 Å². The molecule has 3 N–H and O–H groups in total. The number of hydrogen-bond acceptors (Lipinski definition) is 8. The summed E-state index contributed by atoms with van der Waals surface area (Å²) in [5, 5.41) is 8.85. The Bertz CT molecular complexity index is 1860. The second-order valence-electron chi connectivity index (χ2n) is 15.6. The lowest BCUT2D eigenvalue weighted by molar-refractivity contribution is -0.158. The van der Waals surface area contributed by atoms with E-state index in [1.54, 1.807) is 31.2 Å². The van der Waals surface area contributed by atoms with Crippen LogP contribution in [0.5, 0.6) is 0 Å². The first kappa shape index (κ1) is 40.7. The fraction of sp³-hybridized carbons (Fsp3) is 0.537. The molecule has 0 spiro atoms. The van der Waals surface area contributed by atoms with Gasteiger partial charge in [-0.05, 0) is 81.5 Å². The maximum absolute atomic E-state index is 14.5. The summed E-state index contributed by atoms with van der Waals surface area (Å²) in [6.07, 6.45) is 2.98. The molecule has 4 heterocycles. The average molecular weight is 791 g/mol. The molecular weight excluding hydrogens is 740 g/mol. The van der Waals surface area contributed by atoms with Crippen LogP contribution in [0.4, 0.5) is 0 Å². The van der Waals surface area contributed by atoms with Gasteiger partial charge in [-0.1, -0.05) is 60.5 Å². The molecule has 0 radical (unpaired) electrons. The van der Waals surface area contributed by atoms with Crippen molar-refractivity contribution in [2.75, 3.05) is 26.2 Å². The van der Waals surface area contributed by atoms with Gasteiger partial charge in [0.15, 0.2) is 0 Å². The first-order chi connectivity index (χ1) is 26.8. The molecule has 2 aromatic carbocycles. The number of halogens is 1. The number of fused-ring (bicyclic) bond motifs is 3. The van der Waals surface area contributed by atoms with Gasteiger partial charge < -0.3 is 35.4 Å². The van der Waals surface area contributed by atoms with Crippen LogP contribution in [0.1, 0.15) is 69.1 Å². The molecule has 300 valence electrons. The minimum Gasteiger partial charge on any atom is -0.461 e. The van der Waals surface area contributed by atoms with E-state index in [1.807, 2.05) is 38.1 Å². The summed E-state index contributed by atoms with van der Waals surface area (Å²) < 4.78 is 5.76. The standard InChI is InChI=1S/C41H51ClN6O8/c1-24-9-6-10-27(17-24)20-30(44-35(49)21-28-11-7-12-29(42)19-28)36(50)45-31-23-56-41(55)34-18-25(2)22-48(34)38(52)26(3)43-37(51)32-13-4-5-15-46(32)40(54)33-14-8-16-47(33)39(31)53/h6-7,9-12,17,19,25-26,30-34H,4-5,8,13-16,18,20-23H2,1-3H3,(H,43,51)(H,44,49)(H,45,50)/t25-,26-,30-,31-,32-,33-,34-/m0/s1. The SMILES string of the molecule is Cc1cccc(C[C@H](NC(=O)Cc2cccc(Cl)c2)C(=O)N[C@H]2COC(=O)[C@@H]3C[C@H](C)CN3C(=O)[C@H](C)NC(=O)[C@@H]3CCCCN3C(=O)[C@@H]3CCCN3C2=O)c1. The van der Waals surface area contributed by atoms with Crippen molar-refractivity contribution >= 4 is 53.0 Å². The van der Waals surface area contributed by atoms with Gasteiger partial charge in [0, 0.05) is 31.1 Å². The van der Waals surface area contributed by atoms with E-state index >= 15 is 0 Å². The van der Waals surface area contributed by atoms with Crippen LogP contribution in [-0.2, 0) is 51.1 Å². The number of ether oxygens (including phenoxy) is 1. The topological polar surface area (TPSA) is 175 Å². The molecule has 4 fully saturated rings. The molecular formula is C41H51ClN6O8. The Morgan fingerprint density at radius 3 is 2.34 bits per heavy atom. The molecule has 6 amide bonds. The highest BCUT2D eigenvalue weighted by molar-refractivity contribution is 6.30. The Balaban J connectivity index is 1.30. The van der Waals surface area contributed by atoms with E-state index in [0.717, 1.165) is 11.1 Å². The van der Waals surface area contributed by atoms with E-state index in [2.05, 4.69) is 16.0 Å². The normalized spacial score (nSPS) is 26.8. The van der Waals surface area contributed by atoms with Crippen LogP contribution in [-0.4, -0.2) is 119 Å². The van der Waals surface area contributed by atoms with Gasteiger partial charge in [0.1, 0.15) is 42.9 Å². The zero-order chi connectivity index (χ0) is 40.1. The largest absolute Gasteiger partial charge is 0.461 e. The number of esters is 1. The molecule has 6 rings (SSSR count). The van der Waals surface area contributed by atoms with Gasteiger partial charge in [0.2, 0.25) is 35.4 Å². The van der Waals surface area contributed by atoms with Gasteiger partial charge in [-0.25, -0.2) is 4.79 Å². The third-order valence-electron chi connectivity index (χ3n) is 11.1. The summed E-state index contributed by atoms with van der Waals surface area (Å²) in [7, 11) is 0. The average Bonchev–Trinajstić information content (AvgIpc) is 3.82. The van der Waals surface area contributed by atoms with Crippen molar-refractivity contribution in [3.05, 3.63) is 70.2 Å². The van der Waals surface area contributed by atoms with Crippen molar-refractivity contribution in [3.8, 4) is 0 Å². The monoisotopic (exact) mass is 790 g/mol. The van der Waals surface area contributed by atoms with Crippen molar-refractivity contribution in [3.63, 3.8) is 0 Å². The van der Waals surface area contributed by atoms with E-state index in [-0.39, 0.29) is 37.8 Å². The maximum Gasteiger partial charge on any atom is 0.328 e. The lowest BCUT2D eigenvalue weighted by atomic mass is 9.99. The number of cyclic esters (lactones) is 1. The van der Waals surface area contributed by atoms with Crippen molar-refractivity contribution in [2.45, 2.75) is 108 Å². The summed E-state index contributed by atoms with van der Waals surface area (Å²) in [4.78, 5) is 102. The number of nitrogens with zero attached hydrogens (tertiary/aromatic N) is 3. The summed E-state index contributed by atoms with van der Waals surface area (Å²) >= 11 is 6.15. The van der Waals surface area contributed by atoms with E-state index in [1.165, 1.54) is 14.7 Å². The van der Waals surface area contributed by atoms with Crippen LogP contribution in [0.15, 0.2) is 48.5 Å². The minimum absolute atomic E-state index is 0.0478. The summed E-state index contributed by atoms with van der Waals surface area (Å²) in [5.74, 6) is -3.88. The lowest BCUT2D eigenvalue weighted by Crippen LogP contribution is -2.62. The number of carbonyl (C=O) groups excluding carboxylic acids is 7. The Morgan fingerprint density at radius 1 is 0.857 bits per heavy atom. The molecule has 4 aliphatic heterocycles. The number of rotatable bonds is 7. The van der Waals surface area contributed by atoms with E-state index in [9.17, 15) is 33.6 Å². The van der Waals surface area contributed by atoms with E-state index < -0.39 is 78.4 Å². The number of hydrogen-bond donors (Lipinski definition) is 3. The zero-order valence-corrected chi connectivity index (χ0v) is 32.9. The molecule has 15 heteroatoms. The number of aryl methyl sites for hydroxylation is 1. The van der Waals surface area contributed by atoms with Gasteiger partial charge in [-0.3, -0.25) is 28.8 Å². The molecule has 7 atom stereocenters. The zero-order valence-electron chi connectivity index (χ0n) is 32.1. The van der Waals surface area contributed by atoms with Crippen LogP contribution in [0.2, 0.25) is 5.02 Å². The molecule has 4 aliphatic rings. The predicted octanol–water partition coefficient (Wildman–Crippen LogP) is 2.07. The number of nitrogens with one attached hydrogen (secondary N) is 3. The number of carbonyl (C=O) groups is 7. The number of piperidine rings is 1. The minimum atomic E-state index is -1.43. The highest BCUT2D eigenvalue weighted by Crippen LogP contribution is 2.28. The highest BCUT2D eigenvalue weighted by atomic mass is 35.5. The molecule has 56 heavy (non-hydrogen) atoms.